The zero-order valence-corrected chi connectivity index (χ0v) is 13.2. The standard InChI is InChI=1S/C15H22N2O3S/c1-13(18)12-15-4-2-3-10-17(15)21(19,20)11-7-14-5-8-16-9-6-14/h5-6,8-9,15H,2-4,7,10-12H2,1H3. The summed E-state index contributed by atoms with van der Waals surface area (Å²) in [5, 5.41) is 0. The quantitative estimate of drug-likeness (QED) is 0.803. The average molecular weight is 310 g/mol. The summed E-state index contributed by atoms with van der Waals surface area (Å²) >= 11 is 0. The van der Waals surface area contributed by atoms with Gasteiger partial charge in [-0.05, 0) is 43.9 Å². The Hall–Kier alpha value is -1.27. The van der Waals surface area contributed by atoms with Gasteiger partial charge < -0.3 is 0 Å². The van der Waals surface area contributed by atoms with Gasteiger partial charge in [-0.3, -0.25) is 9.78 Å². The van der Waals surface area contributed by atoms with Gasteiger partial charge in [0.25, 0.3) is 0 Å². The second-order valence-corrected chi connectivity index (χ2v) is 7.63. The zero-order valence-electron chi connectivity index (χ0n) is 12.4. The molecule has 1 aromatic heterocycles. The van der Waals surface area contributed by atoms with Crippen LogP contribution in [0.1, 0.15) is 38.2 Å². The molecule has 1 aromatic rings. The molecule has 2 rings (SSSR count). The third-order valence-corrected chi connectivity index (χ3v) is 5.77. The maximum atomic E-state index is 12.5. The first-order chi connectivity index (χ1) is 9.99. The smallest absolute Gasteiger partial charge is 0.214 e. The average Bonchev–Trinajstić information content (AvgIpc) is 2.46. The number of hydrogen-bond donors (Lipinski definition) is 0. The van der Waals surface area contributed by atoms with Gasteiger partial charge in [-0.25, -0.2) is 8.42 Å². The lowest BCUT2D eigenvalue weighted by molar-refractivity contribution is -0.118. The summed E-state index contributed by atoms with van der Waals surface area (Å²) in [6.45, 7) is 2.06. The van der Waals surface area contributed by atoms with Crippen LogP contribution >= 0.6 is 0 Å². The number of aryl methyl sites for hydroxylation is 1. The predicted octanol–water partition coefficient (Wildman–Crippen LogP) is 1.79. The van der Waals surface area contributed by atoms with Gasteiger partial charge in [0, 0.05) is 31.4 Å². The van der Waals surface area contributed by atoms with Gasteiger partial charge in [-0.2, -0.15) is 4.31 Å². The van der Waals surface area contributed by atoms with Crippen LogP contribution in [0.4, 0.5) is 0 Å². The fourth-order valence-electron chi connectivity index (χ4n) is 2.79. The highest BCUT2D eigenvalue weighted by molar-refractivity contribution is 7.89. The second kappa shape index (κ2) is 7.13. The lowest BCUT2D eigenvalue weighted by Crippen LogP contribution is -2.45. The first kappa shape index (κ1) is 16.1. The maximum Gasteiger partial charge on any atom is 0.214 e. The van der Waals surface area contributed by atoms with E-state index in [1.807, 2.05) is 12.1 Å². The summed E-state index contributed by atoms with van der Waals surface area (Å²) in [5.74, 6) is 0.141. The van der Waals surface area contributed by atoms with E-state index < -0.39 is 10.0 Å². The molecule has 1 unspecified atom stereocenters. The van der Waals surface area contributed by atoms with E-state index in [9.17, 15) is 13.2 Å². The van der Waals surface area contributed by atoms with Crippen molar-refractivity contribution in [3.05, 3.63) is 30.1 Å². The van der Waals surface area contributed by atoms with Gasteiger partial charge >= 0.3 is 0 Å². The number of nitrogens with zero attached hydrogens (tertiary/aromatic N) is 2. The van der Waals surface area contributed by atoms with Crippen LogP contribution in [0.3, 0.4) is 0 Å². The van der Waals surface area contributed by atoms with Crippen molar-refractivity contribution in [1.82, 2.24) is 9.29 Å². The van der Waals surface area contributed by atoms with E-state index in [0.717, 1.165) is 24.8 Å². The molecule has 1 fully saturated rings. The van der Waals surface area contributed by atoms with Crippen LogP contribution in [0, 0.1) is 0 Å². The fraction of sp³-hybridized carbons (Fsp3) is 0.600. The fourth-order valence-corrected chi connectivity index (χ4v) is 4.56. The van der Waals surface area contributed by atoms with Crippen LogP contribution in [-0.2, 0) is 21.2 Å². The van der Waals surface area contributed by atoms with Crippen LogP contribution in [0.2, 0.25) is 0 Å². The van der Waals surface area contributed by atoms with Crippen LogP contribution in [0.25, 0.3) is 0 Å². The van der Waals surface area contributed by atoms with Crippen molar-refractivity contribution in [2.75, 3.05) is 12.3 Å². The molecule has 0 N–H and O–H groups in total. The molecule has 0 aliphatic carbocycles. The van der Waals surface area contributed by atoms with Gasteiger partial charge in [0.05, 0.1) is 5.75 Å². The number of ketones is 1. The van der Waals surface area contributed by atoms with E-state index in [2.05, 4.69) is 4.98 Å². The lowest BCUT2D eigenvalue weighted by atomic mass is 10.0. The minimum Gasteiger partial charge on any atom is -0.300 e. The number of rotatable bonds is 6. The number of sulfonamides is 1. The molecule has 2 heterocycles. The summed E-state index contributed by atoms with van der Waals surface area (Å²) in [4.78, 5) is 15.3. The molecule has 1 aliphatic heterocycles. The Kier molecular flexibility index (Phi) is 5.47. The van der Waals surface area contributed by atoms with Crippen molar-refractivity contribution in [3.63, 3.8) is 0 Å². The number of Topliss-reactive ketones (excluding diaryl/α,β-unsaturated/α-hetero) is 1. The molecule has 1 atom stereocenters. The molecule has 1 aliphatic rings. The molecule has 5 nitrogen and oxygen atoms in total. The Bertz CT molecular complexity index is 572. The van der Waals surface area contributed by atoms with Crippen molar-refractivity contribution >= 4 is 15.8 Å². The third kappa shape index (κ3) is 4.61. The van der Waals surface area contributed by atoms with E-state index in [1.54, 1.807) is 16.7 Å². The summed E-state index contributed by atoms with van der Waals surface area (Å²) in [6.07, 6.45) is 6.80. The van der Waals surface area contributed by atoms with Crippen molar-refractivity contribution in [1.29, 1.82) is 0 Å². The summed E-state index contributed by atoms with van der Waals surface area (Å²) < 4.78 is 26.7. The molecular formula is C15H22N2O3S. The van der Waals surface area contributed by atoms with Gasteiger partial charge in [0.1, 0.15) is 5.78 Å². The number of hydrogen-bond acceptors (Lipinski definition) is 4. The van der Waals surface area contributed by atoms with Crippen LogP contribution in [0.5, 0.6) is 0 Å². The third-order valence-electron chi connectivity index (χ3n) is 3.85. The minimum absolute atomic E-state index is 0.0521. The van der Waals surface area contributed by atoms with Crippen molar-refractivity contribution in [3.8, 4) is 0 Å². The first-order valence-corrected chi connectivity index (χ1v) is 8.98. The van der Waals surface area contributed by atoms with E-state index in [4.69, 9.17) is 0 Å². The number of aromatic nitrogens is 1. The SMILES string of the molecule is CC(=O)CC1CCCCN1S(=O)(=O)CCc1ccncc1. The molecule has 6 heteroatoms. The minimum atomic E-state index is -3.32. The van der Waals surface area contributed by atoms with Crippen molar-refractivity contribution in [2.24, 2.45) is 0 Å². The monoisotopic (exact) mass is 310 g/mol. The Balaban J connectivity index is 2.04. The van der Waals surface area contributed by atoms with E-state index in [-0.39, 0.29) is 17.6 Å². The summed E-state index contributed by atoms with van der Waals surface area (Å²) in [6, 6.07) is 3.51. The van der Waals surface area contributed by atoms with E-state index in [0.29, 0.717) is 19.4 Å². The molecule has 0 bridgehead atoms. The Morgan fingerprint density at radius 3 is 2.71 bits per heavy atom. The lowest BCUT2D eigenvalue weighted by Gasteiger charge is -2.34. The van der Waals surface area contributed by atoms with Gasteiger partial charge in [-0.15, -0.1) is 0 Å². The van der Waals surface area contributed by atoms with Crippen molar-refractivity contribution in [2.45, 2.75) is 45.1 Å². The number of pyridine rings is 1. The molecule has 0 spiro atoms. The summed E-state index contributed by atoms with van der Waals surface area (Å²) in [7, 11) is -3.32. The molecule has 21 heavy (non-hydrogen) atoms. The van der Waals surface area contributed by atoms with Crippen molar-refractivity contribution < 1.29 is 13.2 Å². The highest BCUT2D eigenvalue weighted by atomic mass is 32.2. The number of carbonyl (C=O) groups excluding carboxylic acids is 1. The normalized spacial score (nSPS) is 20.3. The molecule has 116 valence electrons. The highest BCUT2D eigenvalue weighted by Gasteiger charge is 2.32. The Morgan fingerprint density at radius 2 is 2.05 bits per heavy atom. The van der Waals surface area contributed by atoms with E-state index >= 15 is 0 Å². The van der Waals surface area contributed by atoms with Gasteiger partial charge in [0.2, 0.25) is 10.0 Å². The number of piperidine rings is 1. The Labute approximate surface area is 126 Å². The summed E-state index contributed by atoms with van der Waals surface area (Å²) in [5.41, 5.74) is 0.966. The first-order valence-electron chi connectivity index (χ1n) is 7.37. The van der Waals surface area contributed by atoms with E-state index in [1.165, 1.54) is 6.92 Å². The van der Waals surface area contributed by atoms with Crippen LogP contribution in [-0.4, -0.2) is 41.8 Å². The maximum absolute atomic E-state index is 12.5. The van der Waals surface area contributed by atoms with Crippen LogP contribution < -0.4 is 0 Å². The predicted molar refractivity (Wildman–Crippen MR) is 81.4 cm³/mol. The molecule has 0 aromatic carbocycles. The Morgan fingerprint density at radius 1 is 1.33 bits per heavy atom. The second-order valence-electron chi connectivity index (χ2n) is 5.59. The van der Waals surface area contributed by atoms with Crippen LogP contribution in [0.15, 0.2) is 24.5 Å². The molecule has 0 saturated carbocycles. The highest BCUT2D eigenvalue weighted by Crippen LogP contribution is 2.23. The van der Waals surface area contributed by atoms with Gasteiger partial charge in [0.15, 0.2) is 0 Å². The molecule has 1 saturated heterocycles. The van der Waals surface area contributed by atoms with Gasteiger partial charge in [-0.1, -0.05) is 6.42 Å². The molecular weight excluding hydrogens is 288 g/mol. The molecule has 0 amide bonds. The zero-order chi connectivity index (χ0) is 15.3. The molecule has 0 radical (unpaired) electrons. The topological polar surface area (TPSA) is 67.3 Å². The largest absolute Gasteiger partial charge is 0.300 e. The number of carbonyl (C=O) groups is 1.